The average molecular weight is 275 g/mol. The van der Waals surface area contributed by atoms with E-state index in [2.05, 4.69) is 10.6 Å². The van der Waals surface area contributed by atoms with E-state index in [0.717, 1.165) is 5.69 Å². The number of nitrogens with zero attached hydrogens (tertiary/aromatic N) is 1. The van der Waals surface area contributed by atoms with Gasteiger partial charge in [0.1, 0.15) is 6.04 Å². The lowest BCUT2D eigenvalue weighted by Crippen LogP contribution is -2.46. The van der Waals surface area contributed by atoms with Crippen molar-refractivity contribution in [3.05, 3.63) is 30.3 Å². The molecule has 1 atom stereocenters. The van der Waals surface area contributed by atoms with Crippen LogP contribution in [0, 0.1) is 5.92 Å². The predicted molar refractivity (Wildman–Crippen MR) is 78.6 cm³/mol. The number of amides is 3. The van der Waals surface area contributed by atoms with Crippen LogP contribution in [0.1, 0.15) is 20.3 Å². The lowest BCUT2D eigenvalue weighted by molar-refractivity contribution is -0.118. The van der Waals surface area contributed by atoms with E-state index in [-0.39, 0.29) is 11.9 Å². The van der Waals surface area contributed by atoms with Crippen molar-refractivity contribution >= 4 is 17.6 Å². The molecule has 20 heavy (non-hydrogen) atoms. The molecule has 1 heterocycles. The highest BCUT2D eigenvalue weighted by molar-refractivity contribution is 6.01. The van der Waals surface area contributed by atoms with Crippen molar-refractivity contribution < 1.29 is 9.59 Å². The maximum Gasteiger partial charge on any atom is 0.315 e. The smallest absolute Gasteiger partial charge is 0.315 e. The lowest BCUT2D eigenvalue weighted by Gasteiger charge is -2.17. The van der Waals surface area contributed by atoms with Crippen molar-refractivity contribution in [3.8, 4) is 0 Å². The summed E-state index contributed by atoms with van der Waals surface area (Å²) >= 11 is 0. The molecule has 1 saturated heterocycles. The van der Waals surface area contributed by atoms with Crippen LogP contribution < -0.4 is 15.5 Å². The average Bonchev–Trinajstić information content (AvgIpc) is 2.79. The van der Waals surface area contributed by atoms with E-state index in [1.54, 1.807) is 4.90 Å². The van der Waals surface area contributed by atoms with Gasteiger partial charge in [-0.05, 0) is 24.5 Å². The van der Waals surface area contributed by atoms with Gasteiger partial charge in [-0.25, -0.2) is 4.79 Å². The molecule has 3 amide bonds. The monoisotopic (exact) mass is 275 g/mol. The third-order valence-electron chi connectivity index (χ3n) is 3.25. The third-order valence-corrected chi connectivity index (χ3v) is 3.25. The highest BCUT2D eigenvalue weighted by atomic mass is 16.2. The van der Waals surface area contributed by atoms with Gasteiger partial charge >= 0.3 is 6.03 Å². The van der Waals surface area contributed by atoms with Crippen LogP contribution in [0.2, 0.25) is 0 Å². The molecule has 1 aromatic carbocycles. The molecular formula is C15H21N3O2. The highest BCUT2D eigenvalue weighted by Crippen LogP contribution is 2.20. The molecule has 108 valence electrons. The van der Waals surface area contributed by atoms with Crippen LogP contribution in [0.15, 0.2) is 30.3 Å². The van der Waals surface area contributed by atoms with Gasteiger partial charge in [-0.2, -0.15) is 0 Å². The maximum atomic E-state index is 12.3. The highest BCUT2D eigenvalue weighted by Gasteiger charge is 2.33. The molecule has 0 aromatic heterocycles. The second-order valence-electron chi connectivity index (χ2n) is 5.41. The first-order chi connectivity index (χ1) is 9.58. The normalized spacial score (nSPS) is 18.4. The van der Waals surface area contributed by atoms with Gasteiger partial charge in [-0.15, -0.1) is 0 Å². The number of nitrogens with one attached hydrogen (secondary N) is 2. The van der Waals surface area contributed by atoms with E-state index in [9.17, 15) is 9.59 Å². The van der Waals surface area contributed by atoms with E-state index in [1.807, 2.05) is 44.2 Å². The fourth-order valence-corrected chi connectivity index (χ4v) is 2.18. The Balaban J connectivity index is 1.90. The molecule has 0 bridgehead atoms. The predicted octanol–water partition coefficient (Wildman–Crippen LogP) is 1.75. The van der Waals surface area contributed by atoms with Crippen LogP contribution in [-0.4, -0.2) is 31.1 Å². The number of anilines is 1. The summed E-state index contributed by atoms with van der Waals surface area (Å²) in [6.07, 6.45) is 0.642. The summed E-state index contributed by atoms with van der Waals surface area (Å²) in [5, 5.41) is 5.51. The molecule has 2 rings (SSSR count). The van der Waals surface area contributed by atoms with Crippen molar-refractivity contribution in [2.24, 2.45) is 5.92 Å². The van der Waals surface area contributed by atoms with Gasteiger partial charge in [0.15, 0.2) is 0 Å². The zero-order chi connectivity index (χ0) is 14.5. The summed E-state index contributed by atoms with van der Waals surface area (Å²) in [5.41, 5.74) is 0.879. The van der Waals surface area contributed by atoms with Gasteiger partial charge in [0.25, 0.3) is 0 Å². The molecule has 1 aromatic rings. The quantitative estimate of drug-likeness (QED) is 0.879. The summed E-state index contributed by atoms with van der Waals surface area (Å²) in [5.74, 6) is 0.344. The van der Waals surface area contributed by atoms with Crippen LogP contribution in [-0.2, 0) is 4.79 Å². The van der Waals surface area contributed by atoms with Crippen LogP contribution in [0.25, 0.3) is 0 Å². The SMILES string of the molecule is CC(C)CNC(=O)NC1CCN(c2ccccc2)C1=O. The Kier molecular flexibility index (Phi) is 4.61. The number of hydrogen-bond donors (Lipinski definition) is 2. The van der Waals surface area contributed by atoms with Gasteiger partial charge in [0.2, 0.25) is 5.91 Å². The fraction of sp³-hybridized carbons (Fsp3) is 0.467. The Bertz CT molecular complexity index is 473. The van der Waals surface area contributed by atoms with Crippen LogP contribution in [0.4, 0.5) is 10.5 Å². The topological polar surface area (TPSA) is 61.4 Å². The lowest BCUT2D eigenvalue weighted by atomic mass is 10.2. The number of carbonyl (C=O) groups excluding carboxylic acids is 2. The zero-order valence-electron chi connectivity index (χ0n) is 11.9. The Hall–Kier alpha value is -2.04. The molecular weight excluding hydrogens is 254 g/mol. The number of para-hydroxylation sites is 1. The van der Waals surface area contributed by atoms with E-state index in [0.29, 0.717) is 25.4 Å². The first-order valence-electron chi connectivity index (χ1n) is 6.98. The number of urea groups is 1. The molecule has 5 nitrogen and oxygen atoms in total. The molecule has 2 N–H and O–H groups in total. The van der Waals surface area contributed by atoms with Crippen molar-refractivity contribution in [1.82, 2.24) is 10.6 Å². The first kappa shape index (κ1) is 14.4. The van der Waals surface area contributed by atoms with Gasteiger partial charge in [0, 0.05) is 18.8 Å². The third kappa shape index (κ3) is 3.50. The van der Waals surface area contributed by atoms with Gasteiger partial charge in [-0.3, -0.25) is 4.79 Å². The van der Waals surface area contributed by atoms with E-state index in [1.165, 1.54) is 0 Å². The second kappa shape index (κ2) is 6.41. The van der Waals surface area contributed by atoms with Gasteiger partial charge in [0.05, 0.1) is 0 Å². The van der Waals surface area contributed by atoms with Crippen molar-refractivity contribution in [1.29, 1.82) is 0 Å². The van der Waals surface area contributed by atoms with Crippen LogP contribution in [0.3, 0.4) is 0 Å². The minimum absolute atomic E-state index is 0.0455. The van der Waals surface area contributed by atoms with Crippen molar-refractivity contribution in [3.63, 3.8) is 0 Å². The standard InChI is InChI=1S/C15H21N3O2/c1-11(2)10-16-15(20)17-13-8-9-18(14(13)19)12-6-4-3-5-7-12/h3-7,11,13H,8-10H2,1-2H3,(H2,16,17,20). The number of rotatable bonds is 4. The van der Waals surface area contributed by atoms with Crippen molar-refractivity contribution in [2.75, 3.05) is 18.0 Å². The Morgan fingerprint density at radius 3 is 2.70 bits per heavy atom. The first-order valence-corrected chi connectivity index (χ1v) is 6.98. The van der Waals surface area contributed by atoms with Crippen molar-refractivity contribution in [2.45, 2.75) is 26.3 Å². The minimum atomic E-state index is -0.428. The van der Waals surface area contributed by atoms with E-state index in [4.69, 9.17) is 0 Å². The summed E-state index contributed by atoms with van der Waals surface area (Å²) in [7, 11) is 0. The summed E-state index contributed by atoms with van der Waals surface area (Å²) in [6.45, 7) is 5.30. The van der Waals surface area contributed by atoms with E-state index < -0.39 is 6.04 Å². The van der Waals surface area contributed by atoms with Crippen LogP contribution in [0.5, 0.6) is 0 Å². The van der Waals surface area contributed by atoms with Crippen LogP contribution >= 0.6 is 0 Å². The maximum absolute atomic E-state index is 12.3. The molecule has 1 aliphatic heterocycles. The summed E-state index contributed by atoms with van der Waals surface area (Å²) in [4.78, 5) is 25.7. The van der Waals surface area contributed by atoms with Gasteiger partial charge < -0.3 is 15.5 Å². The Morgan fingerprint density at radius 2 is 2.05 bits per heavy atom. The fourth-order valence-electron chi connectivity index (χ4n) is 2.18. The molecule has 0 saturated carbocycles. The number of hydrogen-bond acceptors (Lipinski definition) is 2. The van der Waals surface area contributed by atoms with Gasteiger partial charge in [-0.1, -0.05) is 32.0 Å². The minimum Gasteiger partial charge on any atom is -0.338 e. The molecule has 0 radical (unpaired) electrons. The summed E-state index contributed by atoms with van der Waals surface area (Å²) < 4.78 is 0. The second-order valence-corrected chi connectivity index (χ2v) is 5.41. The number of carbonyl (C=O) groups is 2. The molecule has 1 fully saturated rings. The zero-order valence-corrected chi connectivity index (χ0v) is 11.9. The molecule has 0 spiro atoms. The number of benzene rings is 1. The molecule has 1 aliphatic rings. The Morgan fingerprint density at radius 1 is 1.35 bits per heavy atom. The molecule has 5 heteroatoms. The Labute approximate surface area is 119 Å². The largest absolute Gasteiger partial charge is 0.338 e. The van der Waals surface area contributed by atoms with E-state index >= 15 is 0 Å². The molecule has 1 unspecified atom stereocenters. The molecule has 0 aliphatic carbocycles. The summed E-state index contributed by atoms with van der Waals surface area (Å²) in [6, 6.07) is 8.82.